The largest absolute Gasteiger partial charge is 0.315 e. The number of aromatic nitrogens is 2. The number of nitrogens with zero attached hydrogens (tertiary/aromatic N) is 2. The first kappa shape index (κ1) is 12.5. The van der Waals surface area contributed by atoms with Crippen LogP contribution in [0.25, 0.3) is 0 Å². The van der Waals surface area contributed by atoms with E-state index in [0.29, 0.717) is 12.0 Å². The van der Waals surface area contributed by atoms with Crippen molar-refractivity contribution in [3.8, 4) is 0 Å². The summed E-state index contributed by atoms with van der Waals surface area (Å²) in [7, 11) is 1.94. The van der Waals surface area contributed by atoms with Gasteiger partial charge in [-0.1, -0.05) is 32.4 Å². The first-order valence-corrected chi connectivity index (χ1v) is 5.81. The third-order valence-corrected chi connectivity index (χ3v) is 2.83. The SMILES string of the molecule is CC(C)NCCC(C)c1c(Cl)cnn1C. The van der Waals surface area contributed by atoms with E-state index < -0.39 is 0 Å². The summed E-state index contributed by atoms with van der Waals surface area (Å²) in [6.07, 6.45) is 2.79. The van der Waals surface area contributed by atoms with Crippen LogP contribution in [0.2, 0.25) is 5.02 Å². The fraction of sp³-hybridized carbons (Fsp3) is 0.727. The normalized spacial score (nSPS) is 13.5. The minimum Gasteiger partial charge on any atom is -0.315 e. The van der Waals surface area contributed by atoms with Crippen LogP contribution in [0.4, 0.5) is 0 Å². The second kappa shape index (κ2) is 5.52. The molecule has 1 aromatic heterocycles. The van der Waals surface area contributed by atoms with Crippen LogP contribution in [-0.2, 0) is 7.05 Å². The van der Waals surface area contributed by atoms with E-state index in [0.717, 1.165) is 23.7 Å². The lowest BCUT2D eigenvalue weighted by Crippen LogP contribution is -2.24. The van der Waals surface area contributed by atoms with Gasteiger partial charge in [-0.15, -0.1) is 0 Å². The molecule has 0 aliphatic heterocycles. The molecule has 0 saturated carbocycles. The zero-order valence-corrected chi connectivity index (χ0v) is 10.7. The molecule has 1 heterocycles. The first-order valence-electron chi connectivity index (χ1n) is 5.43. The third-order valence-electron chi connectivity index (χ3n) is 2.53. The highest BCUT2D eigenvalue weighted by Gasteiger charge is 2.14. The Morgan fingerprint density at radius 2 is 2.13 bits per heavy atom. The topological polar surface area (TPSA) is 29.9 Å². The van der Waals surface area contributed by atoms with E-state index in [-0.39, 0.29) is 0 Å². The first-order chi connectivity index (χ1) is 7.02. The van der Waals surface area contributed by atoms with Crippen molar-refractivity contribution in [3.63, 3.8) is 0 Å². The highest BCUT2D eigenvalue weighted by atomic mass is 35.5. The summed E-state index contributed by atoms with van der Waals surface area (Å²) in [6, 6.07) is 0.541. The van der Waals surface area contributed by atoms with Crippen molar-refractivity contribution >= 4 is 11.6 Å². The summed E-state index contributed by atoms with van der Waals surface area (Å²) in [4.78, 5) is 0. The van der Waals surface area contributed by atoms with Crippen molar-refractivity contribution in [2.75, 3.05) is 6.54 Å². The van der Waals surface area contributed by atoms with Crippen LogP contribution in [-0.4, -0.2) is 22.4 Å². The summed E-state index contributed by atoms with van der Waals surface area (Å²) in [5.74, 6) is 0.441. The van der Waals surface area contributed by atoms with Gasteiger partial charge in [0.15, 0.2) is 0 Å². The molecule has 1 N–H and O–H groups in total. The molecule has 1 aromatic rings. The van der Waals surface area contributed by atoms with E-state index in [1.165, 1.54) is 0 Å². The van der Waals surface area contributed by atoms with Gasteiger partial charge in [-0.3, -0.25) is 4.68 Å². The van der Waals surface area contributed by atoms with Gasteiger partial charge in [0.25, 0.3) is 0 Å². The molecule has 86 valence electrons. The van der Waals surface area contributed by atoms with Crippen molar-refractivity contribution in [1.29, 1.82) is 0 Å². The van der Waals surface area contributed by atoms with Crippen molar-refractivity contribution in [2.24, 2.45) is 7.05 Å². The number of hydrogen-bond acceptors (Lipinski definition) is 2. The smallest absolute Gasteiger partial charge is 0.0820 e. The molecular weight excluding hydrogens is 210 g/mol. The van der Waals surface area contributed by atoms with Gasteiger partial charge >= 0.3 is 0 Å². The number of halogens is 1. The zero-order valence-electron chi connectivity index (χ0n) is 9.92. The van der Waals surface area contributed by atoms with Crippen molar-refractivity contribution in [3.05, 3.63) is 16.9 Å². The molecule has 0 radical (unpaired) electrons. The molecule has 15 heavy (non-hydrogen) atoms. The molecule has 0 aromatic carbocycles. The lowest BCUT2D eigenvalue weighted by molar-refractivity contribution is 0.524. The predicted octanol–water partition coefficient (Wildman–Crippen LogP) is 2.57. The van der Waals surface area contributed by atoms with Gasteiger partial charge in [0.2, 0.25) is 0 Å². The van der Waals surface area contributed by atoms with E-state index in [1.807, 2.05) is 11.7 Å². The summed E-state index contributed by atoms with van der Waals surface area (Å²) in [5, 5.41) is 8.32. The molecule has 0 fully saturated rings. The zero-order chi connectivity index (χ0) is 11.4. The molecule has 1 unspecified atom stereocenters. The Morgan fingerprint density at radius 1 is 1.47 bits per heavy atom. The Hall–Kier alpha value is -0.540. The lowest BCUT2D eigenvalue weighted by atomic mass is 10.0. The van der Waals surface area contributed by atoms with Gasteiger partial charge < -0.3 is 5.32 Å². The van der Waals surface area contributed by atoms with Crippen molar-refractivity contribution < 1.29 is 0 Å². The Morgan fingerprint density at radius 3 is 2.60 bits per heavy atom. The van der Waals surface area contributed by atoms with Crippen molar-refractivity contribution in [2.45, 2.75) is 39.2 Å². The fourth-order valence-electron chi connectivity index (χ4n) is 1.70. The van der Waals surface area contributed by atoms with Gasteiger partial charge in [0, 0.05) is 19.0 Å². The van der Waals surface area contributed by atoms with Crippen LogP contribution in [0.3, 0.4) is 0 Å². The van der Waals surface area contributed by atoms with Gasteiger partial charge in [0.1, 0.15) is 0 Å². The highest BCUT2D eigenvalue weighted by Crippen LogP contribution is 2.25. The number of hydrogen-bond donors (Lipinski definition) is 1. The quantitative estimate of drug-likeness (QED) is 0.841. The summed E-state index contributed by atoms with van der Waals surface area (Å²) in [5.41, 5.74) is 1.13. The van der Waals surface area contributed by atoms with E-state index in [9.17, 15) is 0 Å². The van der Waals surface area contributed by atoms with Gasteiger partial charge in [-0.05, 0) is 13.0 Å². The molecule has 3 nitrogen and oxygen atoms in total. The Bertz CT molecular complexity index is 287. The molecule has 0 aliphatic carbocycles. The van der Waals surface area contributed by atoms with Gasteiger partial charge in [-0.2, -0.15) is 5.10 Å². The fourth-order valence-corrected chi connectivity index (χ4v) is 2.05. The summed E-state index contributed by atoms with van der Waals surface area (Å²) >= 11 is 6.08. The lowest BCUT2D eigenvalue weighted by Gasteiger charge is -2.14. The van der Waals surface area contributed by atoms with Crippen LogP contribution < -0.4 is 5.32 Å². The Labute approximate surface area is 96.8 Å². The van der Waals surface area contributed by atoms with Crippen LogP contribution in [0.1, 0.15) is 38.8 Å². The average molecular weight is 230 g/mol. The average Bonchev–Trinajstić information content (AvgIpc) is 2.45. The molecule has 1 atom stereocenters. The van der Waals surface area contributed by atoms with Gasteiger partial charge in [0.05, 0.1) is 16.9 Å². The molecule has 1 rings (SSSR count). The second-order valence-corrected chi connectivity index (χ2v) is 4.71. The number of rotatable bonds is 5. The predicted molar refractivity (Wildman–Crippen MR) is 64.4 cm³/mol. The minimum absolute atomic E-state index is 0.441. The Kier molecular flexibility index (Phi) is 4.61. The van der Waals surface area contributed by atoms with E-state index in [4.69, 9.17) is 11.6 Å². The summed E-state index contributed by atoms with van der Waals surface area (Å²) < 4.78 is 1.86. The molecular formula is C11H20ClN3. The van der Waals surface area contributed by atoms with E-state index in [1.54, 1.807) is 6.20 Å². The van der Waals surface area contributed by atoms with Crippen LogP contribution in [0.5, 0.6) is 0 Å². The maximum absolute atomic E-state index is 6.08. The monoisotopic (exact) mass is 229 g/mol. The van der Waals surface area contributed by atoms with Crippen LogP contribution >= 0.6 is 11.6 Å². The van der Waals surface area contributed by atoms with Crippen LogP contribution in [0, 0.1) is 0 Å². The van der Waals surface area contributed by atoms with E-state index >= 15 is 0 Å². The van der Waals surface area contributed by atoms with E-state index in [2.05, 4.69) is 31.2 Å². The molecule has 0 amide bonds. The third kappa shape index (κ3) is 3.50. The maximum atomic E-state index is 6.08. The molecule has 0 aliphatic rings. The highest BCUT2D eigenvalue weighted by molar-refractivity contribution is 6.31. The van der Waals surface area contributed by atoms with Gasteiger partial charge in [-0.25, -0.2) is 0 Å². The Balaban J connectivity index is 2.50. The molecule has 0 bridgehead atoms. The maximum Gasteiger partial charge on any atom is 0.0820 e. The van der Waals surface area contributed by atoms with Crippen LogP contribution in [0.15, 0.2) is 6.20 Å². The summed E-state index contributed by atoms with van der Waals surface area (Å²) in [6.45, 7) is 7.51. The number of aryl methyl sites for hydroxylation is 1. The standard InChI is InChI=1S/C11H20ClN3/c1-8(2)13-6-5-9(3)11-10(12)7-14-15(11)4/h7-9,13H,5-6H2,1-4H3. The second-order valence-electron chi connectivity index (χ2n) is 4.30. The van der Waals surface area contributed by atoms with Crippen molar-refractivity contribution in [1.82, 2.24) is 15.1 Å². The molecule has 0 spiro atoms. The number of nitrogens with one attached hydrogen (secondary N) is 1. The minimum atomic E-state index is 0.441. The molecule has 0 saturated heterocycles. The molecule has 4 heteroatoms.